The molecule has 1 aliphatic rings. The molecule has 248 valence electrons. The van der Waals surface area contributed by atoms with Gasteiger partial charge in [0.05, 0.1) is 11.4 Å². The third-order valence-electron chi connectivity index (χ3n) is 10.7. The lowest BCUT2D eigenvalue weighted by molar-refractivity contribution is 0.668. The molecule has 0 saturated heterocycles. The maximum atomic E-state index is 6.61. The Labute approximate surface area is 305 Å². The van der Waals surface area contributed by atoms with Crippen molar-refractivity contribution in [3.8, 4) is 11.1 Å². The van der Waals surface area contributed by atoms with E-state index in [1.54, 1.807) is 0 Å². The van der Waals surface area contributed by atoms with Crippen molar-refractivity contribution in [1.82, 2.24) is 0 Å². The molecule has 0 saturated carbocycles. The van der Waals surface area contributed by atoms with E-state index in [9.17, 15) is 0 Å². The van der Waals surface area contributed by atoms with Crippen LogP contribution in [0, 0.1) is 0 Å². The van der Waals surface area contributed by atoms with Gasteiger partial charge in [-0.3, -0.25) is 0 Å². The molecule has 0 fully saturated rings. The van der Waals surface area contributed by atoms with Crippen molar-refractivity contribution in [3.63, 3.8) is 0 Å². The number of fused-ring (bicyclic) bond motifs is 9. The highest BCUT2D eigenvalue weighted by molar-refractivity contribution is 6.25. The average Bonchev–Trinajstić information content (AvgIpc) is 3.70. The summed E-state index contributed by atoms with van der Waals surface area (Å²) in [7, 11) is 0. The summed E-state index contributed by atoms with van der Waals surface area (Å²) in [5.41, 5.74) is 11.9. The number of nitrogens with zero attached hydrogens (tertiary/aromatic N) is 1. The Bertz CT molecular complexity index is 3190. The Morgan fingerprint density at radius 3 is 1.94 bits per heavy atom. The summed E-state index contributed by atoms with van der Waals surface area (Å²) in [5, 5.41) is 9.31. The van der Waals surface area contributed by atoms with E-state index >= 15 is 0 Å². The maximum Gasteiger partial charge on any atom is 0.136 e. The van der Waals surface area contributed by atoms with Crippen LogP contribution in [0.3, 0.4) is 0 Å². The lowest BCUT2D eigenvalue weighted by Gasteiger charge is -2.11. The third-order valence-corrected chi connectivity index (χ3v) is 10.7. The van der Waals surface area contributed by atoms with Crippen LogP contribution in [-0.4, -0.2) is 5.71 Å². The van der Waals surface area contributed by atoms with Gasteiger partial charge < -0.3 is 8.83 Å². The number of benzene rings is 8. The molecule has 0 radical (unpaired) electrons. The molecule has 0 atom stereocenters. The average molecular weight is 678 g/mol. The Balaban J connectivity index is 1.14. The zero-order chi connectivity index (χ0) is 34.9. The quantitative estimate of drug-likeness (QED) is 0.174. The second-order valence-electron chi connectivity index (χ2n) is 13.9. The van der Waals surface area contributed by atoms with Gasteiger partial charge in [-0.2, -0.15) is 0 Å². The van der Waals surface area contributed by atoms with Crippen LogP contribution < -0.4 is 0 Å². The van der Waals surface area contributed by atoms with Gasteiger partial charge in [-0.15, -0.1) is 0 Å². The standard InChI is InChI=1S/C50H31NO2/c1-2-10-31(11-3-1)33-22-25-44(36-21-23-39-35(26-36)19-18-32-12-4-5-13-38(32)39)51-45(28-33)43-27-37(30-49-50(43)42-15-7-9-17-47(42)53-49)34-20-24-41-40-14-6-8-16-46(40)52-48(41)29-34/h1-21,23-30H,22H2. The van der Waals surface area contributed by atoms with Gasteiger partial charge in [-0.05, 0) is 98.8 Å². The molecule has 53 heavy (non-hydrogen) atoms. The van der Waals surface area contributed by atoms with Gasteiger partial charge in [-0.25, -0.2) is 4.99 Å². The third kappa shape index (κ3) is 4.93. The van der Waals surface area contributed by atoms with Gasteiger partial charge >= 0.3 is 0 Å². The molecular formula is C50H31NO2. The number of furan rings is 2. The number of allylic oxidation sites excluding steroid dienone is 3. The van der Waals surface area contributed by atoms with E-state index in [0.29, 0.717) is 0 Å². The molecule has 0 N–H and O–H groups in total. The van der Waals surface area contributed by atoms with Crippen molar-refractivity contribution < 1.29 is 8.83 Å². The molecule has 3 heterocycles. The first-order valence-electron chi connectivity index (χ1n) is 18.1. The lowest BCUT2D eigenvalue weighted by Crippen LogP contribution is -2.00. The summed E-state index contributed by atoms with van der Waals surface area (Å²) in [6.07, 6.45) is 5.30. The summed E-state index contributed by atoms with van der Waals surface area (Å²) >= 11 is 0. The number of hydrogen-bond acceptors (Lipinski definition) is 3. The predicted molar refractivity (Wildman–Crippen MR) is 221 cm³/mol. The number of rotatable bonds is 4. The van der Waals surface area contributed by atoms with Crippen LogP contribution in [0.1, 0.15) is 23.1 Å². The van der Waals surface area contributed by atoms with E-state index in [2.05, 4.69) is 152 Å². The van der Waals surface area contributed by atoms with Gasteiger partial charge in [0.25, 0.3) is 0 Å². The van der Waals surface area contributed by atoms with E-state index in [4.69, 9.17) is 13.8 Å². The Hall–Kier alpha value is -6.97. The van der Waals surface area contributed by atoms with Gasteiger partial charge in [0, 0.05) is 32.7 Å². The Kier molecular flexibility index (Phi) is 6.62. The number of hydrogen-bond donors (Lipinski definition) is 0. The zero-order valence-electron chi connectivity index (χ0n) is 28.7. The number of para-hydroxylation sites is 2. The van der Waals surface area contributed by atoms with Gasteiger partial charge in [0.2, 0.25) is 0 Å². The first kappa shape index (κ1) is 29.7. The maximum absolute atomic E-state index is 6.61. The van der Waals surface area contributed by atoms with Gasteiger partial charge in [0.15, 0.2) is 0 Å². The van der Waals surface area contributed by atoms with Gasteiger partial charge in [-0.1, -0.05) is 127 Å². The Morgan fingerprint density at radius 2 is 1.06 bits per heavy atom. The summed E-state index contributed by atoms with van der Waals surface area (Å²) in [5.74, 6) is 0. The minimum absolute atomic E-state index is 0.750. The molecule has 10 aromatic rings. The van der Waals surface area contributed by atoms with Crippen molar-refractivity contribution in [2.45, 2.75) is 6.42 Å². The monoisotopic (exact) mass is 677 g/mol. The van der Waals surface area contributed by atoms with Gasteiger partial charge in [0.1, 0.15) is 22.3 Å². The van der Waals surface area contributed by atoms with Crippen LogP contribution in [0.25, 0.3) is 87.8 Å². The minimum Gasteiger partial charge on any atom is -0.456 e. The second-order valence-corrected chi connectivity index (χ2v) is 13.9. The molecule has 0 spiro atoms. The van der Waals surface area contributed by atoms with E-state index in [1.807, 2.05) is 24.3 Å². The van der Waals surface area contributed by atoms with Crippen LogP contribution in [0.4, 0.5) is 0 Å². The van der Waals surface area contributed by atoms with E-state index in [-0.39, 0.29) is 0 Å². The number of aliphatic imine (C=N–C) groups is 1. The van der Waals surface area contributed by atoms with Crippen molar-refractivity contribution in [1.29, 1.82) is 0 Å². The predicted octanol–water partition coefficient (Wildman–Crippen LogP) is 13.8. The molecule has 8 aromatic carbocycles. The molecule has 0 aliphatic carbocycles. The van der Waals surface area contributed by atoms with Crippen LogP contribution >= 0.6 is 0 Å². The van der Waals surface area contributed by atoms with E-state index in [1.165, 1.54) is 32.7 Å². The Morgan fingerprint density at radius 1 is 0.415 bits per heavy atom. The molecule has 0 unspecified atom stereocenters. The summed E-state index contributed by atoms with van der Waals surface area (Å²) < 4.78 is 12.9. The molecule has 0 amide bonds. The first-order valence-corrected chi connectivity index (χ1v) is 18.1. The van der Waals surface area contributed by atoms with Crippen molar-refractivity contribution in [2.24, 2.45) is 4.99 Å². The summed E-state index contributed by atoms with van der Waals surface area (Å²) in [6.45, 7) is 0. The fourth-order valence-corrected chi connectivity index (χ4v) is 8.11. The van der Waals surface area contributed by atoms with Crippen LogP contribution in [0.5, 0.6) is 0 Å². The highest BCUT2D eigenvalue weighted by atomic mass is 16.3. The van der Waals surface area contributed by atoms with Crippen molar-refractivity contribution >= 4 is 82.4 Å². The van der Waals surface area contributed by atoms with Crippen LogP contribution in [0.2, 0.25) is 0 Å². The molecule has 3 nitrogen and oxygen atoms in total. The normalized spacial score (nSPS) is 13.5. The largest absolute Gasteiger partial charge is 0.456 e. The molecule has 2 aromatic heterocycles. The first-order chi connectivity index (χ1) is 26.2. The lowest BCUT2D eigenvalue weighted by atomic mass is 9.93. The summed E-state index contributed by atoms with van der Waals surface area (Å²) in [4.78, 5) is 5.55. The fraction of sp³-hybridized carbons (Fsp3) is 0.0200. The SMILES string of the molecule is C1=C(c2ccccc2)CC=C(c2ccc3c(ccc4ccccc43)c2)N=C1c1cc(-c2ccc3c(c2)oc2ccccc23)cc2oc3ccccc3c12. The fourth-order valence-electron chi connectivity index (χ4n) is 8.11. The molecule has 1 aliphatic heterocycles. The zero-order valence-corrected chi connectivity index (χ0v) is 28.7. The van der Waals surface area contributed by atoms with Crippen LogP contribution in [0.15, 0.2) is 190 Å². The highest BCUT2D eigenvalue weighted by Gasteiger charge is 2.20. The van der Waals surface area contributed by atoms with Crippen molar-refractivity contribution in [3.05, 3.63) is 193 Å². The van der Waals surface area contributed by atoms with Crippen LogP contribution in [-0.2, 0) is 0 Å². The highest BCUT2D eigenvalue weighted by Crippen LogP contribution is 2.40. The smallest absolute Gasteiger partial charge is 0.136 e. The molecular weight excluding hydrogens is 647 g/mol. The molecule has 3 heteroatoms. The van der Waals surface area contributed by atoms with E-state index in [0.717, 1.165) is 84.0 Å². The minimum atomic E-state index is 0.750. The topological polar surface area (TPSA) is 38.6 Å². The molecule has 0 bridgehead atoms. The van der Waals surface area contributed by atoms with E-state index < -0.39 is 0 Å². The second kappa shape index (κ2) is 11.8. The summed E-state index contributed by atoms with van der Waals surface area (Å²) in [6, 6.07) is 57.9. The van der Waals surface area contributed by atoms with Crippen molar-refractivity contribution in [2.75, 3.05) is 0 Å². The molecule has 11 rings (SSSR count).